The Labute approximate surface area is 109 Å². The maximum absolute atomic E-state index is 4.46. The highest BCUT2D eigenvalue weighted by Gasteiger charge is 2.11. The number of nitrogens with one attached hydrogen (secondary N) is 1. The van der Waals surface area contributed by atoms with Gasteiger partial charge in [-0.2, -0.15) is 0 Å². The lowest BCUT2D eigenvalue weighted by Gasteiger charge is -2.14. The first-order chi connectivity index (χ1) is 8.74. The molecule has 96 valence electrons. The molecular weight excluding hydrogens is 222 g/mol. The highest BCUT2D eigenvalue weighted by atomic mass is 15.1. The summed E-state index contributed by atoms with van der Waals surface area (Å²) in [4.78, 5) is 4.46. The minimum absolute atomic E-state index is 0.423. The van der Waals surface area contributed by atoms with Gasteiger partial charge in [-0.1, -0.05) is 39.0 Å². The van der Waals surface area contributed by atoms with E-state index in [2.05, 4.69) is 59.9 Å². The Morgan fingerprint density at radius 3 is 2.78 bits per heavy atom. The molecule has 18 heavy (non-hydrogen) atoms. The summed E-state index contributed by atoms with van der Waals surface area (Å²) in [6, 6.07) is 8.49. The van der Waals surface area contributed by atoms with Crippen LogP contribution in [0, 0.1) is 0 Å². The maximum Gasteiger partial charge on any atom is 0.115 e. The van der Waals surface area contributed by atoms with Crippen molar-refractivity contribution < 1.29 is 0 Å². The molecule has 2 aromatic rings. The second kappa shape index (κ2) is 5.83. The third-order valence-electron chi connectivity index (χ3n) is 3.00. The summed E-state index contributed by atoms with van der Waals surface area (Å²) in [5.41, 5.74) is 2.53. The second-order valence-electron chi connectivity index (χ2n) is 4.72. The third-order valence-corrected chi connectivity index (χ3v) is 3.00. The fourth-order valence-corrected chi connectivity index (χ4v) is 2.10. The van der Waals surface area contributed by atoms with Crippen molar-refractivity contribution in [2.75, 3.05) is 6.54 Å². The van der Waals surface area contributed by atoms with Gasteiger partial charge in [-0.05, 0) is 18.2 Å². The molecule has 0 bridgehead atoms. The molecule has 3 heteroatoms. The minimum atomic E-state index is 0.423. The van der Waals surface area contributed by atoms with Gasteiger partial charge >= 0.3 is 0 Å². The first-order valence-corrected chi connectivity index (χ1v) is 6.56. The number of benzene rings is 1. The zero-order valence-corrected chi connectivity index (χ0v) is 11.4. The van der Waals surface area contributed by atoms with Crippen LogP contribution in [-0.2, 0) is 6.54 Å². The van der Waals surface area contributed by atoms with Gasteiger partial charge in [-0.15, -0.1) is 0 Å². The number of aromatic nitrogens is 2. The van der Waals surface area contributed by atoms with E-state index < -0.39 is 0 Å². The van der Waals surface area contributed by atoms with E-state index in [1.54, 1.807) is 0 Å². The van der Waals surface area contributed by atoms with Crippen LogP contribution in [0.1, 0.15) is 38.1 Å². The fourth-order valence-electron chi connectivity index (χ4n) is 2.10. The van der Waals surface area contributed by atoms with Crippen LogP contribution in [0.2, 0.25) is 0 Å². The Kier molecular flexibility index (Phi) is 4.15. The summed E-state index contributed by atoms with van der Waals surface area (Å²) in [5.74, 6) is 1.53. The summed E-state index contributed by atoms with van der Waals surface area (Å²) < 4.78 is 2.19. The molecule has 1 heterocycles. The van der Waals surface area contributed by atoms with Crippen molar-refractivity contribution in [2.45, 2.75) is 33.2 Å². The average Bonchev–Trinajstić information content (AvgIpc) is 2.86. The smallest absolute Gasteiger partial charge is 0.115 e. The predicted octanol–water partition coefficient (Wildman–Crippen LogP) is 3.11. The Bertz CT molecular complexity index is 500. The summed E-state index contributed by atoms with van der Waals surface area (Å²) in [6.45, 7) is 8.34. The van der Waals surface area contributed by atoms with Gasteiger partial charge in [-0.25, -0.2) is 4.98 Å². The Hall–Kier alpha value is -1.61. The molecule has 0 aliphatic heterocycles. The van der Waals surface area contributed by atoms with Crippen molar-refractivity contribution in [3.05, 3.63) is 48.0 Å². The van der Waals surface area contributed by atoms with E-state index in [-0.39, 0.29) is 0 Å². The highest BCUT2D eigenvalue weighted by molar-refractivity contribution is 5.42. The zero-order chi connectivity index (χ0) is 13.0. The largest absolute Gasteiger partial charge is 0.313 e. The van der Waals surface area contributed by atoms with Crippen molar-refractivity contribution in [2.24, 2.45) is 0 Å². The van der Waals surface area contributed by atoms with Crippen LogP contribution in [0.15, 0.2) is 36.7 Å². The average molecular weight is 243 g/mol. The number of para-hydroxylation sites is 1. The lowest BCUT2D eigenvalue weighted by molar-refractivity contribution is 0.711. The standard InChI is InChI=1S/C15H21N3/c1-4-16-11-13-7-5-6-8-14(13)18-10-9-17-15(18)12(2)3/h5-10,12,16H,4,11H2,1-3H3. The van der Waals surface area contributed by atoms with E-state index in [1.807, 2.05) is 12.4 Å². The Morgan fingerprint density at radius 1 is 1.28 bits per heavy atom. The van der Waals surface area contributed by atoms with Gasteiger partial charge in [0.25, 0.3) is 0 Å². The summed E-state index contributed by atoms with van der Waals surface area (Å²) in [6.07, 6.45) is 3.92. The monoisotopic (exact) mass is 243 g/mol. The summed E-state index contributed by atoms with van der Waals surface area (Å²) >= 11 is 0. The predicted molar refractivity (Wildman–Crippen MR) is 75.0 cm³/mol. The van der Waals surface area contributed by atoms with E-state index in [0.717, 1.165) is 18.9 Å². The molecule has 3 nitrogen and oxygen atoms in total. The Morgan fingerprint density at radius 2 is 2.06 bits per heavy atom. The molecule has 0 fully saturated rings. The van der Waals surface area contributed by atoms with Crippen LogP contribution in [0.25, 0.3) is 5.69 Å². The van der Waals surface area contributed by atoms with Gasteiger partial charge in [0, 0.05) is 24.9 Å². The molecule has 0 saturated carbocycles. The molecule has 0 amide bonds. The van der Waals surface area contributed by atoms with Crippen molar-refractivity contribution in [3.8, 4) is 5.69 Å². The lowest BCUT2D eigenvalue weighted by atomic mass is 10.1. The van der Waals surface area contributed by atoms with Crippen LogP contribution >= 0.6 is 0 Å². The minimum Gasteiger partial charge on any atom is -0.313 e. The van der Waals surface area contributed by atoms with Crippen LogP contribution in [0.4, 0.5) is 0 Å². The fraction of sp³-hybridized carbons (Fsp3) is 0.400. The van der Waals surface area contributed by atoms with Crippen LogP contribution in [-0.4, -0.2) is 16.1 Å². The summed E-state index contributed by atoms with van der Waals surface area (Å²) in [7, 11) is 0. The quantitative estimate of drug-likeness (QED) is 0.874. The van der Waals surface area contributed by atoms with Gasteiger partial charge in [-0.3, -0.25) is 0 Å². The van der Waals surface area contributed by atoms with Crippen molar-refractivity contribution in [1.29, 1.82) is 0 Å². The molecule has 0 saturated heterocycles. The Balaban J connectivity index is 2.40. The molecule has 0 aliphatic rings. The van der Waals surface area contributed by atoms with Crippen molar-refractivity contribution >= 4 is 0 Å². The maximum atomic E-state index is 4.46. The number of rotatable bonds is 5. The molecule has 1 aromatic heterocycles. The molecule has 0 atom stereocenters. The molecule has 2 rings (SSSR count). The van der Waals surface area contributed by atoms with E-state index in [4.69, 9.17) is 0 Å². The van der Waals surface area contributed by atoms with Crippen LogP contribution in [0.3, 0.4) is 0 Å². The van der Waals surface area contributed by atoms with E-state index in [0.29, 0.717) is 5.92 Å². The molecule has 0 unspecified atom stereocenters. The number of hydrogen-bond donors (Lipinski definition) is 1. The van der Waals surface area contributed by atoms with E-state index >= 15 is 0 Å². The number of imidazole rings is 1. The molecule has 0 aliphatic carbocycles. The molecule has 1 N–H and O–H groups in total. The second-order valence-corrected chi connectivity index (χ2v) is 4.72. The third kappa shape index (κ3) is 2.62. The van der Waals surface area contributed by atoms with Crippen LogP contribution in [0.5, 0.6) is 0 Å². The zero-order valence-electron chi connectivity index (χ0n) is 11.4. The normalized spacial score (nSPS) is 11.1. The highest BCUT2D eigenvalue weighted by Crippen LogP contribution is 2.20. The van der Waals surface area contributed by atoms with Gasteiger partial charge in [0.2, 0.25) is 0 Å². The van der Waals surface area contributed by atoms with Gasteiger partial charge in [0.1, 0.15) is 5.82 Å². The van der Waals surface area contributed by atoms with Crippen molar-refractivity contribution in [1.82, 2.24) is 14.9 Å². The topological polar surface area (TPSA) is 29.9 Å². The molecule has 1 aromatic carbocycles. The van der Waals surface area contributed by atoms with Gasteiger partial charge in [0.15, 0.2) is 0 Å². The molecular formula is C15H21N3. The molecule has 0 spiro atoms. The van der Waals surface area contributed by atoms with Gasteiger partial charge in [0.05, 0.1) is 5.69 Å². The van der Waals surface area contributed by atoms with E-state index in [1.165, 1.54) is 11.3 Å². The first-order valence-electron chi connectivity index (χ1n) is 6.56. The van der Waals surface area contributed by atoms with Crippen molar-refractivity contribution in [3.63, 3.8) is 0 Å². The SMILES string of the molecule is CCNCc1ccccc1-n1ccnc1C(C)C. The lowest BCUT2D eigenvalue weighted by Crippen LogP contribution is -2.14. The first kappa shape index (κ1) is 12.8. The number of hydrogen-bond acceptors (Lipinski definition) is 2. The summed E-state index contributed by atoms with van der Waals surface area (Å²) in [5, 5.41) is 3.38. The van der Waals surface area contributed by atoms with Gasteiger partial charge < -0.3 is 9.88 Å². The van der Waals surface area contributed by atoms with Crippen LogP contribution < -0.4 is 5.32 Å². The molecule has 0 radical (unpaired) electrons. The van der Waals surface area contributed by atoms with E-state index in [9.17, 15) is 0 Å². The number of nitrogens with zero attached hydrogens (tertiary/aromatic N) is 2.